The van der Waals surface area contributed by atoms with Gasteiger partial charge in [-0.05, 0) is 65.1 Å². The van der Waals surface area contributed by atoms with Crippen LogP contribution in [0.2, 0.25) is 10.0 Å². The number of fused-ring (bicyclic) bond motifs is 1. The highest BCUT2D eigenvalue weighted by Crippen LogP contribution is 2.38. The van der Waals surface area contributed by atoms with Crippen LogP contribution >= 0.6 is 45.8 Å². The molecule has 0 saturated heterocycles. The molecule has 3 rings (SSSR count). The first-order chi connectivity index (χ1) is 10.9. The Hall–Kier alpha value is -1.09. The fourth-order valence-electron chi connectivity index (χ4n) is 1.98. The van der Waals surface area contributed by atoms with E-state index in [0.29, 0.717) is 15.9 Å². The first-order valence-electron chi connectivity index (χ1n) is 6.31. The highest BCUT2D eigenvalue weighted by Gasteiger charge is 2.21. The first-order valence-corrected chi connectivity index (χ1v) is 9.55. The summed E-state index contributed by atoms with van der Waals surface area (Å²) in [5.74, 6) is -0.0368. The first kappa shape index (κ1) is 16.8. The van der Waals surface area contributed by atoms with Gasteiger partial charge in [0.2, 0.25) is 0 Å². The second-order valence-corrected chi connectivity index (χ2v) is 8.17. The minimum atomic E-state index is -4.03. The molecular weight excluding hydrogens is 472 g/mol. The minimum absolute atomic E-state index is 0.0352. The fourth-order valence-corrected chi connectivity index (χ4v) is 3.90. The largest absolute Gasteiger partial charge is 0.375 e. The van der Waals surface area contributed by atoms with Crippen LogP contribution in [0.1, 0.15) is 0 Å². The van der Waals surface area contributed by atoms with Crippen molar-refractivity contribution < 1.29 is 12.6 Å². The van der Waals surface area contributed by atoms with Crippen molar-refractivity contribution in [2.75, 3.05) is 0 Å². The normalized spacial score (nSPS) is 11.6. The molecule has 0 aliphatic rings. The van der Waals surface area contributed by atoms with E-state index in [-0.39, 0.29) is 15.7 Å². The summed E-state index contributed by atoms with van der Waals surface area (Å²) in [7, 11) is -4.03. The maximum absolute atomic E-state index is 12.4. The molecule has 0 amide bonds. The Morgan fingerprint density at radius 1 is 1.04 bits per heavy atom. The molecule has 0 unspecified atom stereocenters. The second-order valence-electron chi connectivity index (χ2n) is 4.56. The maximum Gasteiger partial charge on any atom is 0.339 e. The Kier molecular flexibility index (Phi) is 4.68. The molecule has 0 aliphatic heterocycles. The standard InChI is InChI=1S/C15H8Cl2INO3S/c16-12-8-13(17)15(14-11(12)2-1-7-19-14)22-23(20,21)10-5-3-9(18)4-6-10/h1-8H. The predicted octanol–water partition coefficient (Wildman–Crippen LogP) is 4.91. The van der Waals surface area contributed by atoms with Gasteiger partial charge in [0.15, 0.2) is 5.75 Å². The third-order valence-electron chi connectivity index (χ3n) is 3.05. The van der Waals surface area contributed by atoms with Crippen molar-refractivity contribution in [2.45, 2.75) is 4.90 Å². The highest BCUT2D eigenvalue weighted by molar-refractivity contribution is 14.1. The molecule has 0 atom stereocenters. The summed E-state index contributed by atoms with van der Waals surface area (Å²) in [4.78, 5) is 4.17. The Labute approximate surface area is 156 Å². The molecule has 1 heterocycles. The summed E-state index contributed by atoms with van der Waals surface area (Å²) in [5.41, 5.74) is 0.291. The summed E-state index contributed by atoms with van der Waals surface area (Å²) < 4.78 is 31.1. The van der Waals surface area contributed by atoms with Crippen LogP contribution in [-0.2, 0) is 10.1 Å². The molecule has 118 valence electrons. The third kappa shape index (κ3) is 3.40. The molecule has 0 bridgehead atoms. The summed E-state index contributed by atoms with van der Waals surface area (Å²) in [6.45, 7) is 0. The Morgan fingerprint density at radius 3 is 2.43 bits per heavy atom. The van der Waals surface area contributed by atoms with E-state index in [1.54, 1.807) is 24.3 Å². The lowest BCUT2D eigenvalue weighted by molar-refractivity contribution is 0.488. The fraction of sp³-hybridized carbons (Fsp3) is 0. The van der Waals surface area contributed by atoms with E-state index < -0.39 is 10.1 Å². The number of rotatable bonds is 3. The predicted molar refractivity (Wildman–Crippen MR) is 98.7 cm³/mol. The van der Waals surface area contributed by atoms with Crippen molar-refractivity contribution in [1.82, 2.24) is 4.98 Å². The Balaban J connectivity index is 2.13. The molecule has 2 aromatic carbocycles. The molecule has 4 nitrogen and oxygen atoms in total. The van der Waals surface area contributed by atoms with Crippen molar-refractivity contribution >= 4 is 66.8 Å². The van der Waals surface area contributed by atoms with Gasteiger partial charge >= 0.3 is 10.1 Å². The molecule has 0 fully saturated rings. The van der Waals surface area contributed by atoms with E-state index in [4.69, 9.17) is 27.4 Å². The quantitative estimate of drug-likeness (QED) is 0.395. The molecule has 0 radical (unpaired) electrons. The number of halogens is 3. The van der Waals surface area contributed by atoms with Gasteiger partial charge in [-0.25, -0.2) is 0 Å². The Morgan fingerprint density at radius 2 is 1.74 bits per heavy atom. The van der Waals surface area contributed by atoms with Crippen LogP contribution in [0.15, 0.2) is 53.6 Å². The van der Waals surface area contributed by atoms with Gasteiger partial charge in [-0.15, -0.1) is 0 Å². The van der Waals surface area contributed by atoms with Gasteiger partial charge in [-0.3, -0.25) is 4.98 Å². The summed E-state index contributed by atoms with van der Waals surface area (Å²) in [5, 5.41) is 1.01. The number of aromatic nitrogens is 1. The van der Waals surface area contributed by atoms with Gasteiger partial charge in [-0.2, -0.15) is 8.42 Å². The lowest BCUT2D eigenvalue weighted by Crippen LogP contribution is -2.10. The van der Waals surface area contributed by atoms with Crippen LogP contribution in [0.5, 0.6) is 5.75 Å². The molecular formula is C15H8Cl2INO3S. The van der Waals surface area contributed by atoms with Crippen LogP contribution in [0, 0.1) is 3.57 Å². The van der Waals surface area contributed by atoms with Gasteiger partial charge in [0, 0.05) is 15.2 Å². The molecule has 0 saturated carbocycles. The molecule has 0 N–H and O–H groups in total. The zero-order valence-electron chi connectivity index (χ0n) is 11.3. The zero-order valence-corrected chi connectivity index (χ0v) is 15.8. The van der Waals surface area contributed by atoms with Gasteiger partial charge in [0.1, 0.15) is 10.4 Å². The number of hydrogen-bond donors (Lipinski definition) is 0. The summed E-state index contributed by atoms with van der Waals surface area (Å²) >= 11 is 14.3. The number of hydrogen-bond acceptors (Lipinski definition) is 4. The van der Waals surface area contributed by atoms with E-state index in [2.05, 4.69) is 27.6 Å². The smallest absolute Gasteiger partial charge is 0.339 e. The lowest BCUT2D eigenvalue weighted by Gasteiger charge is -2.11. The van der Waals surface area contributed by atoms with Gasteiger partial charge in [0.25, 0.3) is 0 Å². The average molecular weight is 480 g/mol. The molecule has 23 heavy (non-hydrogen) atoms. The van der Waals surface area contributed by atoms with Gasteiger partial charge in [0.05, 0.1) is 10.0 Å². The van der Waals surface area contributed by atoms with Crippen LogP contribution < -0.4 is 4.18 Å². The highest BCUT2D eigenvalue weighted by atomic mass is 127. The van der Waals surface area contributed by atoms with Crippen molar-refractivity contribution in [3.63, 3.8) is 0 Å². The lowest BCUT2D eigenvalue weighted by atomic mass is 10.2. The van der Waals surface area contributed by atoms with Crippen LogP contribution in [0.3, 0.4) is 0 Å². The van der Waals surface area contributed by atoms with Crippen molar-refractivity contribution in [3.05, 3.63) is 62.3 Å². The van der Waals surface area contributed by atoms with Crippen molar-refractivity contribution in [1.29, 1.82) is 0 Å². The third-order valence-corrected chi connectivity index (χ3v) is 5.59. The van der Waals surface area contributed by atoms with Crippen molar-refractivity contribution in [2.24, 2.45) is 0 Å². The number of pyridine rings is 1. The van der Waals surface area contributed by atoms with E-state index in [1.807, 2.05) is 0 Å². The van der Waals surface area contributed by atoms with Gasteiger partial charge in [-0.1, -0.05) is 23.2 Å². The monoisotopic (exact) mass is 479 g/mol. The second kappa shape index (κ2) is 6.43. The van der Waals surface area contributed by atoms with Crippen molar-refractivity contribution in [3.8, 4) is 5.75 Å². The van der Waals surface area contributed by atoms with Crippen LogP contribution in [0.25, 0.3) is 10.9 Å². The minimum Gasteiger partial charge on any atom is -0.375 e. The molecule has 3 aromatic rings. The van der Waals surface area contributed by atoms with E-state index >= 15 is 0 Å². The van der Waals surface area contributed by atoms with E-state index in [0.717, 1.165) is 3.57 Å². The summed E-state index contributed by atoms with van der Waals surface area (Å²) in [6, 6.07) is 11.1. The van der Waals surface area contributed by atoms with Crippen LogP contribution in [0.4, 0.5) is 0 Å². The molecule has 0 spiro atoms. The average Bonchev–Trinajstić information content (AvgIpc) is 2.52. The number of benzene rings is 2. The van der Waals surface area contributed by atoms with Gasteiger partial charge < -0.3 is 4.18 Å². The van der Waals surface area contributed by atoms with E-state index in [9.17, 15) is 8.42 Å². The molecule has 0 aliphatic carbocycles. The number of nitrogens with zero attached hydrogens (tertiary/aromatic N) is 1. The Bertz CT molecular complexity index is 992. The SMILES string of the molecule is O=S(=O)(Oc1c(Cl)cc(Cl)c2cccnc12)c1ccc(I)cc1. The van der Waals surface area contributed by atoms with Crippen LogP contribution in [-0.4, -0.2) is 13.4 Å². The van der Waals surface area contributed by atoms with E-state index in [1.165, 1.54) is 24.4 Å². The molecule has 1 aromatic heterocycles. The zero-order chi connectivity index (χ0) is 16.6. The summed E-state index contributed by atoms with van der Waals surface area (Å²) in [6.07, 6.45) is 1.51. The topological polar surface area (TPSA) is 56.3 Å². The molecule has 8 heteroatoms. The maximum atomic E-state index is 12.4.